The van der Waals surface area contributed by atoms with Gasteiger partial charge in [0, 0.05) is 24.0 Å². The Morgan fingerprint density at radius 3 is 2.05 bits per heavy atom. The second-order valence-corrected chi connectivity index (χ2v) is 13.4. The summed E-state index contributed by atoms with van der Waals surface area (Å²) in [4.78, 5) is 29.8. The number of nitrogens with one attached hydrogen (secondary N) is 1. The van der Waals surface area contributed by atoms with Gasteiger partial charge in [0.05, 0.1) is 10.6 Å². The Morgan fingerprint density at radius 2 is 1.43 bits per heavy atom. The number of hydrogen-bond donors (Lipinski definition) is 1. The molecule has 7 nitrogen and oxygen atoms in total. The number of sulfonamides is 1. The van der Waals surface area contributed by atoms with Gasteiger partial charge >= 0.3 is 0 Å². The van der Waals surface area contributed by atoms with Gasteiger partial charge in [-0.15, -0.1) is 0 Å². The van der Waals surface area contributed by atoms with Gasteiger partial charge in [-0.3, -0.25) is 13.9 Å². The number of carbonyl (C=O) groups excluding carboxylic acids is 2. The summed E-state index contributed by atoms with van der Waals surface area (Å²) < 4.78 is 29.3. The topological polar surface area (TPSA) is 86.8 Å². The Labute approximate surface area is 265 Å². The first-order valence-corrected chi connectivity index (χ1v) is 16.3. The van der Waals surface area contributed by atoms with Gasteiger partial charge < -0.3 is 10.2 Å². The van der Waals surface area contributed by atoms with Crippen LogP contribution in [0.2, 0.25) is 5.02 Å². The van der Waals surface area contributed by atoms with Crippen LogP contribution in [-0.4, -0.2) is 43.8 Å². The van der Waals surface area contributed by atoms with Crippen molar-refractivity contribution >= 4 is 39.1 Å². The van der Waals surface area contributed by atoms with Crippen LogP contribution in [0.5, 0.6) is 0 Å². The minimum absolute atomic E-state index is 0.0376. The summed E-state index contributed by atoms with van der Waals surface area (Å²) in [6.45, 7) is 7.03. The number of benzene rings is 4. The van der Waals surface area contributed by atoms with Crippen molar-refractivity contribution in [2.45, 2.75) is 57.6 Å². The van der Waals surface area contributed by atoms with E-state index in [2.05, 4.69) is 5.32 Å². The molecule has 4 aromatic rings. The van der Waals surface area contributed by atoms with E-state index in [-0.39, 0.29) is 35.5 Å². The van der Waals surface area contributed by atoms with E-state index in [1.807, 2.05) is 75.4 Å². The molecule has 0 bridgehead atoms. The Hall–Kier alpha value is -4.14. The van der Waals surface area contributed by atoms with Gasteiger partial charge in [-0.25, -0.2) is 8.42 Å². The monoisotopic (exact) mass is 631 g/mol. The molecule has 2 amide bonds. The first-order chi connectivity index (χ1) is 21.0. The standard InChI is InChI=1S/C35H38ClN3O4S/c1-25(2)37-35(41)33(21-28-11-7-5-8-12-28)38(23-29-18-15-26(3)16-19-29)34(40)24-39(32-22-30(36)20-17-27(32)4)44(42,43)31-13-9-6-10-14-31/h5-20,22,25,33H,21,23-24H2,1-4H3,(H,37,41)/t33-/m1/s1. The normalized spacial score (nSPS) is 12.0. The molecule has 0 heterocycles. The number of nitrogens with zero attached hydrogens (tertiary/aromatic N) is 2. The molecule has 0 unspecified atom stereocenters. The highest BCUT2D eigenvalue weighted by atomic mass is 35.5. The van der Waals surface area contributed by atoms with Crippen LogP contribution in [0.4, 0.5) is 5.69 Å². The zero-order chi connectivity index (χ0) is 31.9. The van der Waals surface area contributed by atoms with E-state index in [9.17, 15) is 18.0 Å². The molecule has 0 aliphatic carbocycles. The van der Waals surface area contributed by atoms with Crippen LogP contribution >= 0.6 is 11.6 Å². The summed E-state index contributed by atoms with van der Waals surface area (Å²) in [6.07, 6.45) is 0.249. The van der Waals surface area contributed by atoms with Crippen molar-refractivity contribution in [2.75, 3.05) is 10.8 Å². The quantitative estimate of drug-likeness (QED) is 0.198. The molecule has 4 rings (SSSR count). The molecule has 0 saturated heterocycles. The lowest BCUT2D eigenvalue weighted by atomic mass is 10.0. The molecule has 4 aromatic carbocycles. The fraction of sp³-hybridized carbons (Fsp3) is 0.257. The predicted octanol–water partition coefficient (Wildman–Crippen LogP) is 6.32. The number of hydrogen-bond acceptors (Lipinski definition) is 4. The molecule has 0 fully saturated rings. The summed E-state index contributed by atoms with van der Waals surface area (Å²) in [5.41, 5.74) is 3.66. The third-order valence-electron chi connectivity index (χ3n) is 7.23. The molecule has 1 atom stereocenters. The van der Waals surface area contributed by atoms with E-state index >= 15 is 0 Å². The van der Waals surface area contributed by atoms with Gasteiger partial charge in [-0.1, -0.05) is 96.0 Å². The summed E-state index contributed by atoms with van der Waals surface area (Å²) in [5.74, 6) is -0.843. The third-order valence-corrected chi connectivity index (χ3v) is 9.23. The van der Waals surface area contributed by atoms with Crippen molar-refractivity contribution in [3.63, 3.8) is 0 Å². The molecule has 0 aliphatic heterocycles. The smallest absolute Gasteiger partial charge is 0.264 e. The van der Waals surface area contributed by atoms with E-state index < -0.39 is 28.5 Å². The van der Waals surface area contributed by atoms with Crippen molar-refractivity contribution in [1.82, 2.24) is 10.2 Å². The lowest BCUT2D eigenvalue weighted by molar-refractivity contribution is -0.140. The van der Waals surface area contributed by atoms with Crippen LogP contribution in [-0.2, 0) is 32.6 Å². The summed E-state index contributed by atoms with van der Waals surface area (Å²) in [5, 5.41) is 3.30. The molecule has 9 heteroatoms. The zero-order valence-electron chi connectivity index (χ0n) is 25.4. The van der Waals surface area contributed by atoms with Gasteiger partial charge in [0.25, 0.3) is 10.0 Å². The van der Waals surface area contributed by atoms with Crippen LogP contribution in [0.1, 0.15) is 36.1 Å². The Balaban J connectivity index is 1.82. The predicted molar refractivity (Wildman–Crippen MR) is 176 cm³/mol. The molecule has 1 N–H and O–H groups in total. The van der Waals surface area contributed by atoms with E-state index in [1.54, 1.807) is 43.3 Å². The van der Waals surface area contributed by atoms with E-state index in [1.165, 1.54) is 17.0 Å². The van der Waals surface area contributed by atoms with Crippen LogP contribution in [0, 0.1) is 13.8 Å². The average molecular weight is 632 g/mol. The number of halogens is 1. The molecule has 0 spiro atoms. The highest BCUT2D eigenvalue weighted by Gasteiger charge is 2.35. The van der Waals surface area contributed by atoms with E-state index in [0.29, 0.717) is 10.6 Å². The van der Waals surface area contributed by atoms with E-state index in [4.69, 9.17) is 11.6 Å². The minimum Gasteiger partial charge on any atom is -0.352 e. The molecule has 230 valence electrons. The van der Waals surface area contributed by atoms with Crippen LogP contribution in [0.3, 0.4) is 0 Å². The molecular formula is C35H38ClN3O4S. The van der Waals surface area contributed by atoms with Crippen molar-refractivity contribution in [3.05, 3.63) is 130 Å². The summed E-state index contributed by atoms with van der Waals surface area (Å²) >= 11 is 6.34. The second-order valence-electron chi connectivity index (χ2n) is 11.1. The minimum atomic E-state index is -4.20. The second kappa shape index (κ2) is 14.6. The van der Waals surface area contributed by atoms with Crippen molar-refractivity contribution in [2.24, 2.45) is 0 Å². The highest BCUT2D eigenvalue weighted by Crippen LogP contribution is 2.30. The van der Waals surface area contributed by atoms with Crippen molar-refractivity contribution in [3.8, 4) is 0 Å². The number of rotatable bonds is 12. The van der Waals surface area contributed by atoms with Crippen LogP contribution in [0.25, 0.3) is 0 Å². The Kier molecular flexibility index (Phi) is 10.8. The van der Waals surface area contributed by atoms with Gasteiger partial charge in [-0.2, -0.15) is 0 Å². The lowest BCUT2D eigenvalue weighted by Crippen LogP contribution is -2.54. The first kappa shape index (κ1) is 32.8. The SMILES string of the molecule is Cc1ccc(CN(C(=O)CN(c2cc(Cl)ccc2C)S(=O)(=O)c2ccccc2)[C@H](Cc2ccccc2)C(=O)NC(C)C)cc1. The highest BCUT2D eigenvalue weighted by molar-refractivity contribution is 7.92. The molecule has 44 heavy (non-hydrogen) atoms. The summed E-state index contributed by atoms with van der Waals surface area (Å²) in [6, 6.07) is 29.0. The van der Waals surface area contributed by atoms with Gasteiger partial charge in [-0.05, 0) is 68.7 Å². The fourth-order valence-corrected chi connectivity index (χ4v) is 6.57. The number of carbonyl (C=O) groups is 2. The lowest BCUT2D eigenvalue weighted by Gasteiger charge is -2.34. The Morgan fingerprint density at radius 1 is 0.818 bits per heavy atom. The fourth-order valence-electron chi connectivity index (χ4n) is 4.91. The molecule has 0 saturated carbocycles. The first-order valence-electron chi connectivity index (χ1n) is 14.5. The molecule has 0 radical (unpaired) electrons. The largest absolute Gasteiger partial charge is 0.352 e. The van der Waals surface area contributed by atoms with Crippen molar-refractivity contribution < 1.29 is 18.0 Å². The van der Waals surface area contributed by atoms with Gasteiger partial charge in [0.1, 0.15) is 12.6 Å². The van der Waals surface area contributed by atoms with Crippen molar-refractivity contribution in [1.29, 1.82) is 0 Å². The third kappa shape index (κ3) is 8.27. The maximum atomic E-state index is 14.5. The summed E-state index contributed by atoms with van der Waals surface area (Å²) in [7, 11) is -4.20. The van der Waals surface area contributed by atoms with Gasteiger partial charge in [0.15, 0.2) is 0 Å². The van der Waals surface area contributed by atoms with Crippen LogP contribution in [0.15, 0.2) is 108 Å². The van der Waals surface area contributed by atoms with E-state index in [0.717, 1.165) is 21.0 Å². The number of amides is 2. The Bertz CT molecular complexity index is 1680. The zero-order valence-corrected chi connectivity index (χ0v) is 27.0. The molecule has 0 aromatic heterocycles. The van der Waals surface area contributed by atoms with Gasteiger partial charge in [0.2, 0.25) is 11.8 Å². The average Bonchev–Trinajstić information content (AvgIpc) is 3.00. The molecule has 0 aliphatic rings. The number of aryl methyl sites for hydroxylation is 2. The van der Waals surface area contributed by atoms with Crippen LogP contribution < -0.4 is 9.62 Å². The molecular weight excluding hydrogens is 594 g/mol. The number of anilines is 1. The maximum absolute atomic E-state index is 14.5. The maximum Gasteiger partial charge on any atom is 0.264 e.